The van der Waals surface area contributed by atoms with E-state index in [0.29, 0.717) is 17.5 Å². The van der Waals surface area contributed by atoms with Crippen molar-refractivity contribution in [2.24, 2.45) is 23.2 Å². The molecule has 4 fully saturated rings. The molecule has 4 aliphatic carbocycles. The zero-order valence-electron chi connectivity index (χ0n) is 17.1. The molecular weight excluding hydrogens is 364 g/mol. The molecule has 4 aliphatic rings. The number of anilines is 1. The summed E-state index contributed by atoms with van der Waals surface area (Å²) in [5, 5.41) is 13.8. The van der Waals surface area contributed by atoms with Crippen molar-refractivity contribution in [1.82, 2.24) is 4.57 Å². The van der Waals surface area contributed by atoms with E-state index in [4.69, 9.17) is 0 Å². The number of benzene rings is 1. The van der Waals surface area contributed by atoms with Crippen molar-refractivity contribution in [1.29, 1.82) is 0 Å². The Kier molecular flexibility index (Phi) is 4.54. The van der Waals surface area contributed by atoms with Crippen LogP contribution in [0.4, 0.5) is 5.69 Å². The third-order valence-electron chi connectivity index (χ3n) is 7.69. The Morgan fingerprint density at radius 1 is 1.14 bits per heavy atom. The number of aromatic nitrogens is 1. The van der Waals surface area contributed by atoms with Crippen molar-refractivity contribution in [2.45, 2.75) is 57.9 Å². The van der Waals surface area contributed by atoms with Crippen LogP contribution in [0.2, 0.25) is 0 Å². The molecule has 4 bridgehead atoms. The third-order valence-corrected chi connectivity index (χ3v) is 7.69. The number of hydrogen-bond acceptors (Lipinski definition) is 3. The minimum absolute atomic E-state index is 0.0763. The van der Waals surface area contributed by atoms with Crippen LogP contribution >= 0.6 is 0 Å². The maximum atomic E-state index is 13.0. The fourth-order valence-electron chi connectivity index (χ4n) is 6.88. The summed E-state index contributed by atoms with van der Waals surface area (Å²) in [4.78, 5) is 25.8. The lowest BCUT2D eigenvalue weighted by molar-refractivity contribution is -0.124. The Bertz CT molecular complexity index is 974. The number of fused-ring (bicyclic) bond motifs is 1. The number of rotatable bonds is 5. The molecule has 1 aromatic carbocycles. The van der Waals surface area contributed by atoms with Crippen LogP contribution < -0.4 is 10.9 Å². The highest BCUT2D eigenvalue weighted by Crippen LogP contribution is 2.61. The van der Waals surface area contributed by atoms with Crippen molar-refractivity contribution in [3.05, 3.63) is 40.8 Å². The minimum Gasteiger partial charge on any atom is -0.394 e. The summed E-state index contributed by atoms with van der Waals surface area (Å²) in [5.74, 6) is 2.57. The summed E-state index contributed by atoms with van der Waals surface area (Å²) in [7, 11) is 0. The predicted molar refractivity (Wildman–Crippen MR) is 114 cm³/mol. The van der Waals surface area contributed by atoms with E-state index >= 15 is 0 Å². The smallest absolute Gasteiger partial charge is 0.258 e. The minimum atomic E-state index is -0.277. The van der Waals surface area contributed by atoms with Gasteiger partial charge in [-0.2, -0.15) is 0 Å². The first-order chi connectivity index (χ1) is 14.0. The quantitative estimate of drug-likeness (QED) is 0.802. The number of carbonyl (C=O) groups excluding carboxylic acids is 1. The van der Waals surface area contributed by atoms with Crippen molar-refractivity contribution >= 4 is 22.4 Å². The maximum absolute atomic E-state index is 13.0. The highest BCUT2D eigenvalue weighted by Gasteiger charge is 2.51. The van der Waals surface area contributed by atoms with E-state index in [-0.39, 0.29) is 29.5 Å². The largest absolute Gasteiger partial charge is 0.394 e. The second kappa shape index (κ2) is 6.98. The average molecular weight is 395 g/mol. The molecule has 5 nitrogen and oxygen atoms in total. The second-order valence-corrected chi connectivity index (χ2v) is 9.97. The van der Waals surface area contributed by atoms with Gasteiger partial charge in [-0.25, -0.2) is 0 Å². The van der Waals surface area contributed by atoms with Gasteiger partial charge in [-0.15, -0.1) is 0 Å². The first-order valence-corrected chi connectivity index (χ1v) is 11.0. The number of hydrogen-bond donors (Lipinski definition) is 2. The predicted octanol–water partition coefficient (Wildman–Crippen LogP) is 4.10. The lowest BCUT2D eigenvalue weighted by Crippen LogP contribution is -2.47. The first-order valence-electron chi connectivity index (χ1n) is 11.0. The standard InChI is InChI=1S/C24H30N2O3/c1-15(14-27)26-6-5-19-20(23(26)29)3-2-4-21(19)25-22(28)13-24-10-16-7-17(11-24)9-18(8-16)12-24/h2-6,15-18,27H,7-14H2,1H3,(H,25,28). The molecular formula is C24H30N2O3. The number of nitrogens with zero attached hydrogens (tertiary/aromatic N) is 1. The number of aliphatic hydroxyl groups is 1. The molecule has 1 heterocycles. The van der Waals surface area contributed by atoms with Gasteiger partial charge in [0.05, 0.1) is 12.6 Å². The van der Waals surface area contributed by atoms with Crippen LogP contribution in [0.15, 0.2) is 35.3 Å². The summed E-state index contributed by atoms with van der Waals surface area (Å²) in [6.45, 7) is 1.72. The molecule has 4 saturated carbocycles. The summed E-state index contributed by atoms with van der Waals surface area (Å²) in [5.41, 5.74) is 0.770. The molecule has 1 unspecified atom stereocenters. The van der Waals surface area contributed by atoms with Gasteiger partial charge in [-0.1, -0.05) is 6.07 Å². The topological polar surface area (TPSA) is 71.3 Å². The van der Waals surface area contributed by atoms with E-state index in [1.54, 1.807) is 16.8 Å². The molecule has 0 spiro atoms. The van der Waals surface area contributed by atoms with Crippen LogP contribution in [-0.2, 0) is 4.79 Å². The Morgan fingerprint density at radius 2 is 1.79 bits per heavy atom. The molecule has 2 aromatic rings. The Morgan fingerprint density at radius 3 is 2.41 bits per heavy atom. The van der Waals surface area contributed by atoms with Crippen LogP contribution in [0, 0.1) is 23.2 Å². The molecule has 6 rings (SSSR count). The lowest BCUT2D eigenvalue weighted by Gasteiger charge is -2.56. The molecule has 154 valence electrons. The summed E-state index contributed by atoms with van der Waals surface area (Å²) in [6, 6.07) is 7.06. The summed E-state index contributed by atoms with van der Waals surface area (Å²) < 4.78 is 1.55. The van der Waals surface area contributed by atoms with Crippen LogP contribution in [0.1, 0.15) is 57.9 Å². The number of pyridine rings is 1. The van der Waals surface area contributed by atoms with Gasteiger partial charge in [-0.05, 0) is 86.8 Å². The van der Waals surface area contributed by atoms with Gasteiger partial charge < -0.3 is 15.0 Å². The van der Waals surface area contributed by atoms with Gasteiger partial charge in [-0.3, -0.25) is 9.59 Å². The van der Waals surface area contributed by atoms with E-state index in [2.05, 4.69) is 5.32 Å². The van der Waals surface area contributed by atoms with E-state index in [1.807, 2.05) is 25.1 Å². The molecule has 2 N–H and O–H groups in total. The van der Waals surface area contributed by atoms with Crippen LogP contribution in [-0.4, -0.2) is 22.2 Å². The summed E-state index contributed by atoms with van der Waals surface area (Å²) >= 11 is 0. The van der Waals surface area contributed by atoms with Crippen molar-refractivity contribution < 1.29 is 9.90 Å². The lowest BCUT2D eigenvalue weighted by atomic mass is 9.49. The van der Waals surface area contributed by atoms with E-state index in [0.717, 1.165) is 23.1 Å². The molecule has 1 aromatic heterocycles. The Hall–Kier alpha value is -2.14. The zero-order valence-corrected chi connectivity index (χ0v) is 17.1. The molecule has 5 heteroatoms. The van der Waals surface area contributed by atoms with Crippen molar-refractivity contribution in [3.63, 3.8) is 0 Å². The van der Waals surface area contributed by atoms with Gasteiger partial charge in [0.1, 0.15) is 0 Å². The maximum Gasteiger partial charge on any atom is 0.258 e. The molecule has 1 atom stereocenters. The highest BCUT2D eigenvalue weighted by molar-refractivity contribution is 6.02. The van der Waals surface area contributed by atoms with E-state index in [9.17, 15) is 14.7 Å². The Balaban J connectivity index is 1.38. The van der Waals surface area contributed by atoms with Crippen molar-refractivity contribution in [3.8, 4) is 0 Å². The monoisotopic (exact) mass is 394 g/mol. The van der Waals surface area contributed by atoms with Gasteiger partial charge in [0, 0.05) is 29.1 Å². The van der Waals surface area contributed by atoms with E-state index in [1.165, 1.54) is 38.5 Å². The second-order valence-electron chi connectivity index (χ2n) is 9.97. The Labute approximate surface area is 171 Å². The first kappa shape index (κ1) is 18.9. The van der Waals surface area contributed by atoms with Gasteiger partial charge >= 0.3 is 0 Å². The van der Waals surface area contributed by atoms with E-state index < -0.39 is 0 Å². The normalized spacial score (nSPS) is 31.2. The number of nitrogens with one attached hydrogen (secondary N) is 1. The molecule has 1 amide bonds. The zero-order chi connectivity index (χ0) is 20.2. The highest BCUT2D eigenvalue weighted by atomic mass is 16.3. The number of carbonyl (C=O) groups is 1. The average Bonchev–Trinajstić information content (AvgIpc) is 2.66. The molecule has 0 aliphatic heterocycles. The third kappa shape index (κ3) is 3.29. The van der Waals surface area contributed by atoms with Crippen molar-refractivity contribution in [2.75, 3.05) is 11.9 Å². The van der Waals surface area contributed by atoms with Crippen LogP contribution in [0.25, 0.3) is 10.8 Å². The molecule has 0 radical (unpaired) electrons. The fourth-order valence-corrected chi connectivity index (χ4v) is 6.88. The van der Waals surface area contributed by atoms with Gasteiger partial charge in [0.2, 0.25) is 5.91 Å². The molecule has 0 saturated heterocycles. The summed E-state index contributed by atoms with van der Waals surface area (Å²) in [6.07, 6.45) is 10.1. The SMILES string of the molecule is CC(CO)n1ccc2c(NC(=O)CC34CC5CC(CC(C5)C3)C4)cccc2c1=O. The van der Waals surface area contributed by atoms with Gasteiger partial charge in [0.25, 0.3) is 5.56 Å². The molecule has 29 heavy (non-hydrogen) atoms. The number of aliphatic hydroxyl groups excluding tert-OH is 1. The van der Waals surface area contributed by atoms with Gasteiger partial charge in [0.15, 0.2) is 0 Å². The van der Waals surface area contributed by atoms with Crippen LogP contribution in [0.5, 0.6) is 0 Å². The van der Waals surface area contributed by atoms with Crippen LogP contribution in [0.3, 0.4) is 0 Å². The fraction of sp³-hybridized carbons (Fsp3) is 0.583. The number of amides is 1.